The van der Waals surface area contributed by atoms with Gasteiger partial charge in [-0.25, -0.2) is 13.8 Å². The second kappa shape index (κ2) is 14.8. The van der Waals surface area contributed by atoms with Crippen molar-refractivity contribution in [1.82, 2.24) is 5.32 Å². The molecular formula is C24H36F2N6O. The lowest BCUT2D eigenvalue weighted by atomic mass is 10.0. The minimum Gasteiger partial charge on any atom is -0.484 e. The highest BCUT2D eigenvalue weighted by atomic mass is 19.1. The van der Waals surface area contributed by atoms with E-state index in [-0.39, 0.29) is 11.7 Å². The van der Waals surface area contributed by atoms with Crippen LogP contribution >= 0.6 is 0 Å². The first-order valence-corrected chi connectivity index (χ1v) is 11.0. The number of hydrazone groups is 1. The highest BCUT2D eigenvalue weighted by Gasteiger charge is 2.09. The summed E-state index contributed by atoms with van der Waals surface area (Å²) < 4.78 is 32.6. The van der Waals surface area contributed by atoms with Gasteiger partial charge in [-0.1, -0.05) is 27.7 Å². The van der Waals surface area contributed by atoms with Crippen molar-refractivity contribution in [2.45, 2.75) is 53.6 Å². The van der Waals surface area contributed by atoms with Gasteiger partial charge in [0.15, 0.2) is 11.6 Å². The van der Waals surface area contributed by atoms with Crippen LogP contribution in [0.25, 0.3) is 0 Å². The number of rotatable bonds is 13. The number of nitrogens with zero attached hydrogens (tertiary/aromatic N) is 3. The average molecular weight is 463 g/mol. The van der Waals surface area contributed by atoms with Crippen LogP contribution in [0.5, 0.6) is 5.75 Å². The molecule has 1 rings (SSSR count). The molecule has 0 spiro atoms. The summed E-state index contributed by atoms with van der Waals surface area (Å²) in [6.07, 6.45) is 8.40. The molecule has 0 radical (unpaired) electrons. The van der Waals surface area contributed by atoms with Crippen molar-refractivity contribution in [1.29, 1.82) is 0 Å². The number of allylic oxidation sites excluding steroid dienone is 2. The maximum Gasteiger partial charge on any atom is 0.168 e. The molecule has 0 saturated carbocycles. The van der Waals surface area contributed by atoms with Crippen molar-refractivity contribution < 1.29 is 13.5 Å². The molecule has 7 nitrogen and oxygen atoms in total. The zero-order chi connectivity index (χ0) is 24.8. The van der Waals surface area contributed by atoms with Gasteiger partial charge in [-0.3, -0.25) is 4.99 Å². The van der Waals surface area contributed by atoms with Crippen molar-refractivity contribution in [3.63, 3.8) is 0 Å². The fourth-order valence-corrected chi connectivity index (χ4v) is 2.78. The van der Waals surface area contributed by atoms with Crippen LogP contribution in [0.3, 0.4) is 0 Å². The first-order chi connectivity index (χ1) is 15.7. The second-order valence-corrected chi connectivity index (χ2v) is 8.00. The molecule has 1 aromatic rings. The number of halogens is 2. The molecule has 5 N–H and O–H groups in total. The Bertz CT molecular complexity index is 893. The number of nitrogens with two attached hydrogens (primary N) is 2. The Labute approximate surface area is 195 Å². The number of aliphatic imine (C=N–C) groups is 2. The average Bonchev–Trinajstić information content (AvgIpc) is 2.75. The van der Waals surface area contributed by atoms with Gasteiger partial charge < -0.3 is 21.6 Å². The summed E-state index contributed by atoms with van der Waals surface area (Å²) in [4.78, 5) is 8.84. The Hall–Kier alpha value is -3.23. The van der Waals surface area contributed by atoms with Gasteiger partial charge in [0.05, 0.1) is 5.92 Å². The van der Waals surface area contributed by atoms with Crippen LogP contribution in [0.15, 0.2) is 56.8 Å². The quantitative estimate of drug-likeness (QED) is 0.173. The van der Waals surface area contributed by atoms with Crippen LogP contribution in [0.4, 0.5) is 8.78 Å². The standard InChI is InChI=1S/C24H36F2N6O/c1-6-7-23(30-13-17(4)24(27)32-28)31-15-29-14-19(10-16(2)3)11-18(5)33-22-9-8-20(25)12-21(22)26/h7-9,11-14,16-18,31H,6,10,15,28H2,1-5H3,(H2,27,32)/b19-11-,23-7+,29-14-,30-13-. The highest BCUT2D eigenvalue weighted by Crippen LogP contribution is 2.20. The number of ether oxygens (including phenoxy) is 1. The molecular weight excluding hydrogens is 426 g/mol. The van der Waals surface area contributed by atoms with Crippen LogP contribution < -0.4 is 21.6 Å². The normalized spacial score (nSPS) is 15.5. The molecule has 0 aliphatic rings. The van der Waals surface area contributed by atoms with E-state index in [1.54, 1.807) is 19.4 Å². The lowest BCUT2D eigenvalue weighted by molar-refractivity contribution is 0.255. The molecule has 2 atom stereocenters. The first-order valence-electron chi connectivity index (χ1n) is 11.0. The molecule has 9 heteroatoms. The molecule has 182 valence electrons. The minimum atomic E-state index is -0.733. The Morgan fingerprint density at radius 1 is 1.21 bits per heavy atom. The molecule has 0 bridgehead atoms. The number of amidine groups is 1. The topological polar surface area (TPSA) is 110 Å². The van der Waals surface area contributed by atoms with E-state index < -0.39 is 17.7 Å². The molecule has 0 heterocycles. The molecule has 0 aliphatic carbocycles. The zero-order valence-corrected chi connectivity index (χ0v) is 20.1. The van der Waals surface area contributed by atoms with Crippen LogP contribution in [-0.2, 0) is 0 Å². The van der Waals surface area contributed by atoms with E-state index in [0.29, 0.717) is 24.2 Å². The molecule has 0 fully saturated rings. The Morgan fingerprint density at radius 3 is 2.55 bits per heavy atom. The third-order valence-electron chi connectivity index (χ3n) is 4.36. The monoisotopic (exact) mass is 462 g/mol. The maximum atomic E-state index is 13.9. The van der Waals surface area contributed by atoms with E-state index in [0.717, 1.165) is 24.5 Å². The van der Waals surface area contributed by atoms with Gasteiger partial charge in [-0.05, 0) is 55.5 Å². The summed E-state index contributed by atoms with van der Waals surface area (Å²) in [6.45, 7) is 10.2. The summed E-state index contributed by atoms with van der Waals surface area (Å²) in [5.74, 6) is 4.99. The van der Waals surface area contributed by atoms with E-state index in [4.69, 9.17) is 16.3 Å². The van der Waals surface area contributed by atoms with Gasteiger partial charge in [0.1, 0.15) is 30.2 Å². The maximum absolute atomic E-state index is 13.9. The minimum absolute atomic E-state index is 0.00408. The van der Waals surface area contributed by atoms with E-state index in [9.17, 15) is 8.78 Å². The van der Waals surface area contributed by atoms with Crippen LogP contribution in [0.2, 0.25) is 0 Å². The lowest BCUT2D eigenvalue weighted by Crippen LogP contribution is -2.24. The summed E-state index contributed by atoms with van der Waals surface area (Å²) in [7, 11) is 0. The summed E-state index contributed by atoms with van der Waals surface area (Å²) in [5.41, 5.74) is 6.64. The van der Waals surface area contributed by atoms with Gasteiger partial charge in [0.2, 0.25) is 0 Å². The van der Waals surface area contributed by atoms with Gasteiger partial charge in [-0.2, -0.15) is 5.10 Å². The third-order valence-corrected chi connectivity index (χ3v) is 4.36. The Balaban J connectivity index is 2.81. The van der Waals surface area contributed by atoms with Crippen molar-refractivity contribution in [3.05, 3.63) is 53.4 Å². The Kier molecular flexibility index (Phi) is 12.4. The predicted molar refractivity (Wildman–Crippen MR) is 132 cm³/mol. The lowest BCUT2D eigenvalue weighted by Gasteiger charge is -2.14. The second-order valence-electron chi connectivity index (χ2n) is 8.00. The highest BCUT2D eigenvalue weighted by molar-refractivity contribution is 5.95. The SMILES string of the molecule is CC/C=C(\N=C/C(C)/C(N)=N/N)NC/N=C\C(=C/C(C)Oc1ccc(F)cc1F)CC(C)C. The van der Waals surface area contributed by atoms with E-state index in [1.165, 1.54) is 12.1 Å². The van der Waals surface area contributed by atoms with Crippen LogP contribution in [-0.4, -0.2) is 31.0 Å². The van der Waals surface area contributed by atoms with Crippen molar-refractivity contribution in [3.8, 4) is 5.75 Å². The van der Waals surface area contributed by atoms with Crippen LogP contribution in [0.1, 0.15) is 47.5 Å². The molecule has 0 saturated heterocycles. The number of hydrogen-bond donors (Lipinski definition) is 3. The largest absolute Gasteiger partial charge is 0.484 e. The molecule has 0 aliphatic heterocycles. The predicted octanol–water partition coefficient (Wildman–Crippen LogP) is 4.51. The molecule has 0 aromatic heterocycles. The summed E-state index contributed by atoms with van der Waals surface area (Å²) in [5, 5.41) is 6.63. The van der Waals surface area contributed by atoms with Gasteiger partial charge in [0, 0.05) is 18.5 Å². The Morgan fingerprint density at radius 2 is 1.94 bits per heavy atom. The molecule has 0 amide bonds. The molecule has 1 aromatic carbocycles. The summed E-state index contributed by atoms with van der Waals surface area (Å²) >= 11 is 0. The van der Waals surface area contributed by atoms with Gasteiger partial charge in [0.25, 0.3) is 0 Å². The van der Waals surface area contributed by atoms with Crippen molar-refractivity contribution >= 4 is 18.3 Å². The van der Waals surface area contributed by atoms with E-state index in [1.807, 2.05) is 26.0 Å². The van der Waals surface area contributed by atoms with E-state index in [2.05, 4.69) is 34.3 Å². The number of nitrogens with one attached hydrogen (secondary N) is 1. The summed E-state index contributed by atoms with van der Waals surface area (Å²) in [6, 6.07) is 3.25. The molecule has 2 unspecified atom stereocenters. The van der Waals surface area contributed by atoms with E-state index >= 15 is 0 Å². The van der Waals surface area contributed by atoms with Crippen LogP contribution in [0, 0.1) is 23.5 Å². The smallest absolute Gasteiger partial charge is 0.168 e. The molecule has 33 heavy (non-hydrogen) atoms. The van der Waals surface area contributed by atoms with Crippen molar-refractivity contribution in [2.24, 2.45) is 38.5 Å². The van der Waals surface area contributed by atoms with Gasteiger partial charge in [-0.15, -0.1) is 0 Å². The fraction of sp³-hybridized carbons (Fsp3) is 0.458. The number of hydrogen-bond acceptors (Lipinski definition) is 6. The zero-order valence-electron chi connectivity index (χ0n) is 20.1. The van der Waals surface area contributed by atoms with Crippen molar-refractivity contribution in [2.75, 3.05) is 6.67 Å². The first kappa shape index (κ1) is 27.8. The fourth-order valence-electron chi connectivity index (χ4n) is 2.78. The number of benzene rings is 1. The third kappa shape index (κ3) is 11.3. The van der Waals surface area contributed by atoms with Gasteiger partial charge >= 0.3 is 0 Å².